The Hall–Kier alpha value is -2.75. The maximum Gasteiger partial charge on any atom is 0.417 e. The molecular weight excluding hydrogens is 403 g/mol. The second-order valence-corrected chi connectivity index (χ2v) is 8.23. The van der Waals surface area contributed by atoms with E-state index < -0.39 is 11.7 Å². The number of halogens is 3. The molecule has 4 rings (SSSR count). The average Bonchev–Trinajstić information content (AvgIpc) is 3.23. The maximum absolute atomic E-state index is 12.7. The molecule has 0 spiro atoms. The Morgan fingerprint density at radius 3 is 2.79 bits per heavy atom. The Balaban J connectivity index is 1.53. The molecule has 1 atom stereocenters. The number of aryl methyl sites for hydroxylation is 1. The van der Waals surface area contributed by atoms with E-state index in [1.165, 1.54) is 33.2 Å². The third kappa shape index (κ3) is 3.89. The van der Waals surface area contributed by atoms with Crippen LogP contribution >= 0.6 is 11.3 Å². The number of amides is 1. The van der Waals surface area contributed by atoms with Crippen LogP contribution in [0.25, 0.3) is 5.82 Å². The van der Waals surface area contributed by atoms with Crippen LogP contribution in [0.3, 0.4) is 0 Å². The lowest BCUT2D eigenvalue weighted by Crippen LogP contribution is -2.13. The van der Waals surface area contributed by atoms with Gasteiger partial charge in [-0.15, -0.1) is 11.3 Å². The summed E-state index contributed by atoms with van der Waals surface area (Å²) in [7, 11) is 0. The van der Waals surface area contributed by atoms with Crippen molar-refractivity contribution in [3.05, 3.63) is 51.9 Å². The largest absolute Gasteiger partial charge is 0.417 e. The number of anilines is 1. The number of nitrogens with one attached hydrogen (secondary N) is 1. The summed E-state index contributed by atoms with van der Waals surface area (Å²) in [5, 5.41) is 7.47. The first-order chi connectivity index (χ1) is 13.7. The summed E-state index contributed by atoms with van der Waals surface area (Å²) in [6, 6.07) is 2.16. The number of hydrogen-bond acceptors (Lipinski definition) is 5. The number of thiazole rings is 1. The fourth-order valence-corrected chi connectivity index (χ4v) is 4.47. The van der Waals surface area contributed by atoms with Gasteiger partial charge in [0.2, 0.25) is 0 Å². The zero-order valence-electron chi connectivity index (χ0n) is 15.7. The van der Waals surface area contributed by atoms with E-state index in [0.29, 0.717) is 22.3 Å². The number of hydrogen-bond donors (Lipinski definition) is 1. The fourth-order valence-electron chi connectivity index (χ4n) is 3.30. The van der Waals surface area contributed by atoms with Crippen molar-refractivity contribution in [2.45, 2.75) is 39.3 Å². The minimum Gasteiger partial charge on any atom is -0.298 e. The summed E-state index contributed by atoms with van der Waals surface area (Å²) >= 11 is 1.49. The van der Waals surface area contributed by atoms with E-state index >= 15 is 0 Å². The third-order valence-electron chi connectivity index (χ3n) is 4.95. The molecule has 1 amide bonds. The standard InChI is InChI=1S/C19H18F3N5OS/c1-10-3-5-14-15(7-10)29-18(25-14)26-17(28)13-9-24-27(11(13)2)16-6-4-12(8-23-16)19(20,21)22/h4,6,8-10H,3,5,7H2,1-2H3,(H,25,26,28). The Morgan fingerprint density at radius 2 is 2.10 bits per heavy atom. The van der Waals surface area contributed by atoms with Crippen LogP contribution in [0.5, 0.6) is 0 Å². The molecule has 29 heavy (non-hydrogen) atoms. The molecule has 0 bridgehead atoms. The van der Waals surface area contributed by atoms with Gasteiger partial charge in [0.1, 0.15) is 0 Å². The number of carbonyl (C=O) groups excluding carboxylic acids is 1. The Kier molecular flexibility index (Phi) is 4.89. The topological polar surface area (TPSA) is 72.7 Å². The van der Waals surface area contributed by atoms with Gasteiger partial charge < -0.3 is 0 Å². The normalized spacial score (nSPS) is 16.5. The predicted octanol–water partition coefficient (Wildman–Crippen LogP) is 4.43. The molecule has 0 saturated carbocycles. The molecule has 0 saturated heterocycles. The molecule has 3 heterocycles. The van der Waals surface area contributed by atoms with Crippen LogP contribution < -0.4 is 5.32 Å². The molecule has 0 fully saturated rings. The molecule has 1 unspecified atom stereocenters. The van der Waals surface area contributed by atoms with Crippen molar-refractivity contribution in [1.29, 1.82) is 0 Å². The van der Waals surface area contributed by atoms with E-state index in [-0.39, 0.29) is 11.7 Å². The van der Waals surface area contributed by atoms with E-state index in [9.17, 15) is 18.0 Å². The predicted molar refractivity (Wildman–Crippen MR) is 102 cm³/mol. The van der Waals surface area contributed by atoms with Crippen LogP contribution in [-0.2, 0) is 19.0 Å². The Morgan fingerprint density at radius 1 is 1.31 bits per heavy atom. The average molecular weight is 421 g/mol. The van der Waals surface area contributed by atoms with Crippen molar-refractivity contribution in [2.24, 2.45) is 5.92 Å². The molecular formula is C19H18F3N5OS. The smallest absolute Gasteiger partial charge is 0.298 e. The lowest BCUT2D eigenvalue weighted by Gasteiger charge is -2.15. The monoisotopic (exact) mass is 421 g/mol. The molecule has 10 heteroatoms. The van der Waals surface area contributed by atoms with E-state index in [1.807, 2.05) is 0 Å². The highest BCUT2D eigenvalue weighted by molar-refractivity contribution is 7.15. The minimum absolute atomic E-state index is 0.202. The number of fused-ring (bicyclic) bond motifs is 1. The first-order valence-corrected chi connectivity index (χ1v) is 9.92. The summed E-state index contributed by atoms with van der Waals surface area (Å²) < 4.78 is 39.5. The Bertz CT molecular complexity index is 1050. The number of nitrogens with zero attached hydrogens (tertiary/aromatic N) is 4. The molecule has 0 aromatic carbocycles. The van der Waals surface area contributed by atoms with Gasteiger partial charge in [0, 0.05) is 11.1 Å². The van der Waals surface area contributed by atoms with Gasteiger partial charge in [-0.2, -0.15) is 18.3 Å². The summed E-state index contributed by atoms with van der Waals surface area (Å²) in [5.41, 5.74) is 0.994. The molecule has 1 aliphatic rings. The first kappa shape index (κ1) is 19.6. The van der Waals surface area contributed by atoms with Gasteiger partial charge in [-0.05, 0) is 44.2 Å². The summed E-state index contributed by atoms with van der Waals surface area (Å²) in [5.74, 6) is 0.455. The van der Waals surface area contributed by atoms with Crippen LogP contribution in [0.15, 0.2) is 24.5 Å². The molecule has 3 aromatic rings. The zero-order valence-corrected chi connectivity index (χ0v) is 16.6. The molecule has 152 valence electrons. The molecule has 1 aliphatic carbocycles. The minimum atomic E-state index is -4.46. The van der Waals surface area contributed by atoms with E-state index in [4.69, 9.17) is 0 Å². The molecule has 3 aromatic heterocycles. The number of alkyl halides is 3. The van der Waals surface area contributed by atoms with Crippen molar-refractivity contribution in [2.75, 3.05) is 5.32 Å². The SMILES string of the molecule is Cc1c(C(=O)Nc2nc3c(s2)CC(C)CC3)cnn1-c1ccc(C(F)(F)F)cn1. The lowest BCUT2D eigenvalue weighted by molar-refractivity contribution is -0.137. The quantitative estimate of drug-likeness (QED) is 0.679. The zero-order chi connectivity index (χ0) is 20.8. The van der Waals surface area contributed by atoms with Gasteiger partial charge in [-0.1, -0.05) is 6.92 Å². The van der Waals surface area contributed by atoms with E-state index in [0.717, 1.165) is 37.2 Å². The van der Waals surface area contributed by atoms with Gasteiger partial charge in [-0.25, -0.2) is 14.6 Å². The molecule has 6 nitrogen and oxygen atoms in total. The van der Waals surface area contributed by atoms with Crippen molar-refractivity contribution < 1.29 is 18.0 Å². The third-order valence-corrected chi connectivity index (χ3v) is 5.99. The van der Waals surface area contributed by atoms with Crippen molar-refractivity contribution in [1.82, 2.24) is 19.7 Å². The van der Waals surface area contributed by atoms with Gasteiger partial charge in [-0.3, -0.25) is 10.1 Å². The number of pyridine rings is 1. The van der Waals surface area contributed by atoms with E-state index in [2.05, 4.69) is 27.3 Å². The van der Waals surface area contributed by atoms with Crippen molar-refractivity contribution >= 4 is 22.4 Å². The number of carbonyl (C=O) groups is 1. The molecule has 1 N–H and O–H groups in total. The highest BCUT2D eigenvalue weighted by atomic mass is 32.1. The lowest BCUT2D eigenvalue weighted by atomic mass is 9.93. The summed E-state index contributed by atoms with van der Waals surface area (Å²) in [6.07, 6.45) is 0.645. The van der Waals surface area contributed by atoms with Crippen LogP contribution in [0.1, 0.15) is 45.5 Å². The van der Waals surface area contributed by atoms with Gasteiger partial charge >= 0.3 is 6.18 Å². The van der Waals surface area contributed by atoms with Crippen LogP contribution in [0.2, 0.25) is 0 Å². The van der Waals surface area contributed by atoms with Crippen molar-refractivity contribution in [3.63, 3.8) is 0 Å². The van der Waals surface area contributed by atoms with Gasteiger partial charge in [0.15, 0.2) is 10.9 Å². The maximum atomic E-state index is 12.7. The molecule has 0 radical (unpaired) electrons. The Labute approximate surface area is 168 Å². The van der Waals surface area contributed by atoms with Gasteiger partial charge in [0.05, 0.1) is 28.7 Å². The van der Waals surface area contributed by atoms with Crippen molar-refractivity contribution in [3.8, 4) is 5.82 Å². The molecule has 0 aliphatic heterocycles. The highest BCUT2D eigenvalue weighted by Gasteiger charge is 2.31. The number of rotatable bonds is 3. The van der Waals surface area contributed by atoms with Gasteiger partial charge in [0.25, 0.3) is 5.91 Å². The van der Waals surface area contributed by atoms with E-state index in [1.54, 1.807) is 6.92 Å². The van der Waals surface area contributed by atoms with Crippen LogP contribution in [0.4, 0.5) is 18.3 Å². The summed E-state index contributed by atoms with van der Waals surface area (Å²) in [6.45, 7) is 3.86. The number of aromatic nitrogens is 4. The van der Waals surface area contributed by atoms with Crippen LogP contribution in [0, 0.1) is 12.8 Å². The highest BCUT2D eigenvalue weighted by Crippen LogP contribution is 2.32. The van der Waals surface area contributed by atoms with Crippen LogP contribution in [-0.4, -0.2) is 25.7 Å². The first-order valence-electron chi connectivity index (χ1n) is 9.10. The fraction of sp³-hybridized carbons (Fsp3) is 0.368. The summed E-state index contributed by atoms with van der Waals surface area (Å²) in [4.78, 5) is 22.2. The second-order valence-electron chi connectivity index (χ2n) is 7.15. The second kappa shape index (κ2) is 7.25.